The SMILES string of the molecule is Cc1ccc(/C=C/C(=O)O)c(O)c1. The number of carboxylic acids is 1. The van der Waals surface area contributed by atoms with Crippen LogP contribution in [0.5, 0.6) is 5.75 Å². The average Bonchev–Trinajstić information content (AvgIpc) is 2.02. The summed E-state index contributed by atoms with van der Waals surface area (Å²) in [6, 6.07) is 5.06. The molecule has 1 aromatic carbocycles. The number of benzene rings is 1. The van der Waals surface area contributed by atoms with Crippen LogP contribution in [0.25, 0.3) is 6.08 Å². The van der Waals surface area contributed by atoms with Crippen molar-refractivity contribution >= 4 is 12.0 Å². The van der Waals surface area contributed by atoms with E-state index in [1.807, 2.05) is 6.92 Å². The predicted octanol–water partition coefficient (Wildman–Crippen LogP) is 1.80. The minimum absolute atomic E-state index is 0.0949. The molecule has 68 valence electrons. The molecule has 1 rings (SSSR count). The highest BCUT2D eigenvalue weighted by atomic mass is 16.4. The van der Waals surface area contributed by atoms with Crippen LogP contribution in [-0.4, -0.2) is 16.2 Å². The number of phenolic OH excluding ortho intramolecular Hbond substituents is 1. The van der Waals surface area contributed by atoms with E-state index in [4.69, 9.17) is 5.11 Å². The molecule has 0 heterocycles. The number of carbonyl (C=O) groups is 1. The van der Waals surface area contributed by atoms with Crippen LogP contribution < -0.4 is 0 Å². The zero-order valence-electron chi connectivity index (χ0n) is 7.19. The molecule has 0 aromatic heterocycles. The first-order chi connectivity index (χ1) is 6.09. The Kier molecular flexibility index (Phi) is 2.69. The van der Waals surface area contributed by atoms with E-state index in [1.165, 1.54) is 6.08 Å². The summed E-state index contributed by atoms with van der Waals surface area (Å²) in [4.78, 5) is 10.2. The van der Waals surface area contributed by atoms with E-state index < -0.39 is 5.97 Å². The summed E-state index contributed by atoms with van der Waals surface area (Å²) in [5.41, 5.74) is 1.44. The van der Waals surface area contributed by atoms with Gasteiger partial charge in [0, 0.05) is 11.6 Å². The van der Waals surface area contributed by atoms with E-state index in [1.54, 1.807) is 18.2 Å². The third-order valence-electron chi connectivity index (χ3n) is 1.59. The first-order valence-electron chi connectivity index (χ1n) is 3.80. The minimum Gasteiger partial charge on any atom is -0.507 e. The predicted molar refractivity (Wildman–Crippen MR) is 49.5 cm³/mol. The molecule has 0 saturated heterocycles. The molecule has 0 aliphatic carbocycles. The highest BCUT2D eigenvalue weighted by Crippen LogP contribution is 2.19. The van der Waals surface area contributed by atoms with Crippen molar-refractivity contribution < 1.29 is 15.0 Å². The number of carboxylic acid groups (broad SMARTS) is 1. The summed E-state index contributed by atoms with van der Waals surface area (Å²) < 4.78 is 0. The molecule has 0 atom stereocenters. The molecule has 0 bridgehead atoms. The number of phenols is 1. The van der Waals surface area contributed by atoms with Crippen LogP contribution in [0.4, 0.5) is 0 Å². The van der Waals surface area contributed by atoms with Gasteiger partial charge >= 0.3 is 5.97 Å². The normalized spacial score (nSPS) is 10.5. The highest BCUT2D eigenvalue weighted by molar-refractivity contribution is 5.85. The van der Waals surface area contributed by atoms with Crippen molar-refractivity contribution in [1.29, 1.82) is 0 Å². The maximum Gasteiger partial charge on any atom is 0.328 e. The number of hydrogen-bond acceptors (Lipinski definition) is 2. The molecule has 0 fully saturated rings. The van der Waals surface area contributed by atoms with E-state index >= 15 is 0 Å². The minimum atomic E-state index is -1.03. The molecule has 0 aliphatic heterocycles. The topological polar surface area (TPSA) is 57.5 Å². The van der Waals surface area contributed by atoms with Crippen LogP contribution in [0.3, 0.4) is 0 Å². The molecule has 0 spiro atoms. The lowest BCUT2D eigenvalue weighted by atomic mass is 10.1. The van der Waals surface area contributed by atoms with Crippen molar-refractivity contribution in [3.63, 3.8) is 0 Å². The monoisotopic (exact) mass is 178 g/mol. The van der Waals surface area contributed by atoms with E-state index in [0.29, 0.717) is 5.56 Å². The van der Waals surface area contributed by atoms with Gasteiger partial charge in [0.1, 0.15) is 5.75 Å². The smallest absolute Gasteiger partial charge is 0.328 e. The molecular formula is C10H10O3. The zero-order chi connectivity index (χ0) is 9.84. The number of aliphatic carboxylic acids is 1. The molecule has 0 saturated carbocycles. The van der Waals surface area contributed by atoms with Crippen molar-refractivity contribution in [2.75, 3.05) is 0 Å². The summed E-state index contributed by atoms with van der Waals surface area (Å²) in [5, 5.41) is 17.7. The molecule has 3 heteroatoms. The van der Waals surface area contributed by atoms with Crippen molar-refractivity contribution in [3.8, 4) is 5.75 Å². The van der Waals surface area contributed by atoms with Gasteiger partial charge in [0.15, 0.2) is 0 Å². The first kappa shape index (κ1) is 9.32. The quantitative estimate of drug-likeness (QED) is 0.679. The third kappa shape index (κ3) is 2.63. The standard InChI is InChI=1S/C10H10O3/c1-7-2-3-8(9(11)6-7)4-5-10(12)13/h2-6,11H,1H3,(H,12,13)/b5-4+. The van der Waals surface area contributed by atoms with Gasteiger partial charge in [-0.15, -0.1) is 0 Å². The Balaban J connectivity index is 2.96. The molecule has 0 amide bonds. The Hall–Kier alpha value is -1.77. The number of hydrogen-bond donors (Lipinski definition) is 2. The van der Waals surface area contributed by atoms with Gasteiger partial charge in [0.05, 0.1) is 0 Å². The van der Waals surface area contributed by atoms with E-state index in [9.17, 15) is 9.90 Å². The molecule has 0 aliphatic rings. The Labute approximate surface area is 76.0 Å². The fourth-order valence-corrected chi connectivity index (χ4v) is 0.956. The molecule has 0 unspecified atom stereocenters. The second-order valence-corrected chi connectivity index (χ2v) is 2.73. The lowest BCUT2D eigenvalue weighted by Crippen LogP contribution is -1.86. The van der Waals surface area contributed by atoms with Gasteiger partial charge in [-0.3, -0.25) is 0 Å². The number of aromatic hydroxyl groups is 1. The van der Waals surface area contributed by atoms with Gasteiger partial charge in [-0.1, -0.05) is 12.1 Å². The molecule has 0 radical (unpaired) electrons. The van der Waals surface area contributed by atoms with Crippen molar-refractivity contribution in [2.45, 2.75) is 6.92 Å². The number of rotatable bonds is 2. The molecule has 1 aromatic rings. The third-order valence-corrected chi connectivity index (χ3v) is 1.59. The van der Waals surface area contributed by atoms with Crippen LogP contribution >= 0.6 is 0 Å². The Bertz CT molecular complexity index is 353. The maximum atomic E-state index is 10.2. The highest BCUT2D eigenvalue weighted by Gasteiger charge is 1.97. The molecule has 3 nitrogen and oxygen atoms in total. The lowest BCUT2D eigenvalue weighted by molar-refractivity contribution is -0.131. The second-order valence-electron chi connectivity index (χ2n) is 2.73. The Morgan fingerprint density at radius 2 is 2.15 bits per heavy atom. The van der Waals surface area contributed by atoms with Crippen LogP contribution in [0.2, 0.25) is 0 Å². The van der Waals surface area contributed by atoms with E-state index in [2.05, 4.69) is 0 Å². The van der Waals surface area contributed by atoms with Crippen LogP contribution in [0.15, 0.2) is 24.3 Å². The van der Waals surface area contributed by atoms with Crippen LogP contribution in [0, 0.1) is 6.92 Å². The molecule has 13 heavy (non-hydrogen) atoms. The summed E-state index contributed by atoms with van der Waals surface area (Å²) in [6.07, 6.45) is 2.35. The fraction of sp³-hybridized carbons (Fsp3) is 0.100. The van der Waals surface area contributed by atoms with Gasteiger partial charge in [0.25, 0.3) is 0 Å². The fourth-order valence-electron chi connectivity index (χ4n) is 0.956. The van der Waals surface area contributed by atoms with Gasteiger partial charge in [0.2, 0.25) is 0 Å². The van der Waals surface area contributed by atoms with Crippen molar-refractivity contribution in [1.82, 2.24) is 0 Å². The lowest BCUT2D eigenvalue weighted by Gasteiger charge is -1.99. The Morgan fingerprint density at radius 3 is 2.69 bits per heavy atom. The summed E-state index contributed by atoms with van der Waals surface area (Å²) in [7, 11) is 0. The zero-order valence-corrected chi connectivity index (χ0v) is 7.19. The van der Waals surface area contributed by atoms with Crippen molar-refractivity contribution in [3.05, 3.63) is 35.4 Å². The van der Waals surface area contributed by atoms with E-state index in [-0.39, 0.29) is 5.75 Å². The largest absolute Gasteiger partial charge is 0.507 e. The van der Waals surface area contributed by atoms with E-state index in [0.717, 1.165) is 11.6 Å². The van der Waals surface area contributed by atoms with Gasteiger partial charge in [-0.05, 0) is 24.6 Å². The summed E-state index contributed by atoms with van der Waals surface area (Å²) >= 11 is 0. The van der Waals surface area contributed by atoms with Crippen LogP contribution in [0.1, 0.15) is 11.1 Å². The molecular weight excluding hydrogens is 168 g/mol. The maximum absolute atomic E-state index is 10.2. The first-order valence-corrected chi connectivity index (χ1v) is 3.80. The average molecular weight is 178 g/mol. The second kappa shape index (κ2) is 3.76. The van der Waals surface area contributed by atoms with Gasteiger partial charge in [-0.2, -0.15) is 0 Å². The Morgan fingerprint density at radius 1 is 1.46 bits per heavy atom. The van der Waals surface area contributed by atoms with Crippen molar-refractivity contribution in [2.24, 2.45) is 0 Å². The summed E-state index contributed by atoms with van der Waals surface area (Å²) in [6.45, 7) is 1.85. The number of aryl methyl sites for hydroxylation is 1. The summed E-state index contributed by atoms with van der Waals surface area (Å²) in [5.74, 6) is -0.933. The molecule has 2 N–H and O–H groups in total. The van der Waals surface area contributed by atoms with Crippen LogP contribution in [-0.2, 0) is 4.79 Å². The van der Waals surface area contributed by atoms with Gasteiger partial charge in [-0.25, -0.2) is 4.79 Å². The van der Waals surface area contributed by atoms with Gasteiger partial charge < -0.3 is 10.2 Å².